The predicted molar refractivity (Wildman–Crippen MR) is 75.6 cm³/mol. The maximum Gasteiger partial charge on any atom is 0.138 e. The minimum Gasteiger partial charge on any atom is -0.341 e. The van der Waals surface area contributed by atoms with Crippen molar-refractivity contribution in [2.75, 3.05) is 12.5 Å². The van der Waals surface area contributed by atoms with Gasteiger partial charge in [-0.3, -0.25) is 4.90 Å². The smallest absolute Gasteiger partial charge is 0.138 e. The van der Waals surface area contributed by atoms with Gasteiger partial charge in [0.1, 0.15) is 4.32 Å². The van der Waals surface area contributed by atoms with Crippen molar-refractivity contribution in [3.63, 3.8) is 0 Å². The molecule has 0 aromatic heterocycles. The molecule has 0 aromatic carbocycles. The van der Waals surface area contributed by atoms with E-state index in [0.717, 1.165) is 22.9 Å². The molecule has 0 N–H and O–H groups in total. The van der Waals surface area contributed by atoms with Crippen molar-refractivity contribution in [1.29, 1.82) is 0 Å². The van der Waals surface area contributed by atoms with Crippen LogP contribution in [0.25, 0.3) is 0 Å². The van der Waals surface area contributed by atoms with Crippen molar-refractivity contribution < 1.29 is 0 Å². The van der Waals surface area contributed by atoms with E-state index in [0.29, 0.717) is 6.04 Å². The lowest BCUT2D eigenvalue weighted by Gasteiger charge is -2.44. The Morgan fingerprint density at radius 1 is 1.25 bits per heavy atom. The first kappa shape index (κ1) is 12.7. The van der Waals surface area contributed by atoms with E-state index in [1.807, 2.05) is 11.8 Å². The molecule has 1 saturated carbocycles. The molecule has 2 aliphatic rings. The van der Waals surface area contributed by atoms with Crippen LogP contribution in [0.4, 0.5) is 0 Å². The summed E-state index contributed by atoms with van der Waals surface area (Å²) in [5, 5.41) is 0. The third-order valence-corrected chi connectivity index (χ3v) is 5.20. The predicted octanol–water partition coefficient (Wildman–Crippen LogP) is 3.28. The van der Waals surface area contributed by atoms with E-state index in [-0.39, 0.29) is 0 Å². The van der Waals surface area contributed by atoms with E-state index in [2.05, 4.69) is 23.6 Å². The zero-order valence-electron chi connectivity index (χ0n) is 10.3. The number of rotatable bonds is 2. The Bertz CT molecular complexity index is 249. The van der Waals surface area contributed by atoms with Crippen LogP contribution in [0, 0.1) is 0 Å². The lowest BCUT2D eigenvalue weighted by molar-refractivity contribution is 0.128. The fourth-order valence-electron chi connectivity index (χ4n) is 2.48. The fraction of sp³-hybridized carbons (Fsp3) is 0.917. The number of hydrogen-bond donors (Lipinski definition) is 0. The van der Waals surface area contributed by atoms with Crippen molar-refractivity contribution in [3.8, 4) is 0 Å². The summed E-state index contributed by atoms with van der Waals surface area (Å²) in [6, 6.07) is 1.34. The van der Waals surface area contributed by atoms with Crippen molar-refractivity contribution in [3.05, 3.63) is 0 Å². The van der Waals surface area contributed by atoms with Gasteiger partial charge >= 0.3 is 0 Å². The Balaban J connectivity index is 1.97. The summed E-state index contributed by atoms with van der Waals surface area (Å²) in [6.07, 6.45) is 6.86. The number of hydrogen-bond acceptors (Lipinski definition) is 3. The van der Waals surface area contributed by atoms with Crippen LogP contribution in [0.3, 0.4) is 0 Å². The highest BCUT2D eigenvalue weighted by Crippen LogP contribution is 2.29. The highest BCUT2D eigenvalue weighted by molar-refractivity contribution is 8.22. The van der Waals surface area contributed by atoms with Gasteiger partial charge in [-0.1, -0.05) is 43.2 Å². The average Bonchev–Trinajstić information content (AvgIpc) is 2.30. The molecule has 1 aliphatic carbocycles. The van der Waals surface area contributed by atoms with Gasteiger partial charge < -0.3 is 4.90 Å². The van der Waals surface area contributed by atoms with Crippen molar-refractivity contribution in [2.45, 2.75) is 58.0 Å². The Kier molecular flexibility index (Phi) is 4.50. The van der Waals surface area contributed by atoms with E-state index in [1.165, 1.54) is 32.1 Å². The highest BCUT2D eigenvalue weighted by Gasteiger charge is 2.29. The van der Waals surface area contributed by atoms with Crippen molar-refractivity contribution in [1.82, 2.24) is 9.80 Å². The van der Waals surface area contributed by atoms with Crippen molar-refractivity contribution in [2.24, 2.45) is 0 Å². The van der Waals surface area contributed by atoms with Gasteiger partial charge in [0, 0.05) is 12.1 Å². The molecular weight excluding hydrogens is 236 g/mol. The van der Waals surface area contributed by atoms with Crippen LogP contribution < -0.4 is 0 Å². The van der Waals surface area contributed by atoms with Crippen LogP contribution in [-0.4, -0.2) is 38.7 Å². The van der Waals surface area contributed by atoms with Gasteiger partial charge in [0.25, 0.3) is 0 Å². The zero-order valence-corrected chi connectivity index (χ0v) is 11.9. The molecule has 92 valence electrons. The zero-order chi connectivity index (χ0) is 11.5. The average molecular weight is 258 g/mol. The molecule has 4 heteroatoms. The quantitative estimate of drug-likeness (QED) is 0.701. The number of thioether (sulfide) groups is 1. The van der Waals surface area contributed by atoms with Gasteiger partial charge in [-0.15, -0.1) is 0 Å². The molecule has 0 aromatic rings. The molecule has 2 rings (SSSR count). The van der Waals surface area contributed by atoms with E-state index < -0.39 is 0 Å². The maximum absolute atomic E-state index is 5.51. The van der Waals surface area contributed by atoms with Gasteiger partial charge in [0.2, 0.25) is 0 Å². The second-order valence-corrected chi connectivity index (χ2v) is 6.70. The summed E-state index contributed by atoms with van der Waals surface area (Å²) < 4.78 is 1.13. The lowest BCUT2D eigenvalue weighted by Crippen LogP contribution is -2.51. The van der Waals surface area contributed by atoms with Gasteiger partial charge in [-0.05, 0) is 26.7 Å². The summed E-state index contributed by atoms with van der Waals surface area (Å²) in [5.41, 5.74) is 0. The van der Waals surface area contributed by atoms with E-state index in [4.69, 9.17) is 12.2 Å². The minimum absolute atomic E-state index is 0.627. The molecule has 0 atom stereocenters. The van der Waals surface area contributed by atoms with Gasteiger partial charge in [0.05, 0.1) is 12.5 Å². The molecule has 0 radical (unpaired) electrons. The van der Waals surface area contributed by atoms with Gasteiger partial charge in [-0.2, -0.15) is 0 Å². The Morgan fingerprint density at radius 2 is 1.94 bits per heavy atom. The van der Waals surface area contributed by atoms with Crippen LogP contribution in [-0.2, 0) is 0 Å². The van der Waals surface area contributed by atoms with Gasteiger partial charge in [0.15, 0.2) is 0 Å². The lowest BCUT2D eigenvalue weighted by atomic mass is 9.95. The molecular formula is C12H22N2S2. The molecule has 2 fully saturated rings. The maximum atomic E-state index is 5.51. The van der Waals surface area contributed by atoms with Crippen LogP contribution in [0.2, 0.25) is 0 Å². The summed E-state index contributed by atoms with van der Waals surface area (Å²) in [5.74, 6) is 1.07. The Hall–Kier alpha value is 0.200. The molecule has 1 saturated heterocycles. The summed E-state index contributed by atoms with van der Waals surface area (Å²) in [4.78, 5) is 4.98. The molecule has 0 amide bonds. The van der Waals surface area contributed by atoms with E-state index >= 15 is 0 Å². The molecule has 0 bridgehead atoms. The summed E-state index contributed by atoms with van der Waals surface area (Å²) >= 11 is 7.35. The molecule has 1 aliphatic heterocycles. The largest absolute Gasteiger partial charge is 0.341 e. The second-order valence-electron chi connectivity index (χ2n) is 5.12. The first-order valence-corrected chi connectivity index (χ1v) is 7.75. The van der Waals surface area contributed by atoms with Crippen LogP contribution in [0.1, 0.15) is 46.0 Å². The first-order chi connectivity index (χ1) is 7.68. The van der Waals surface area contributed by atoms with E-state index in [9.17, 15) is 0 Å². The van der Waals surface area contributed by atoms with Gasteiger partial charge in [-0.25, -0.2) is 0 Å². The first-order valence-electron chi connectivity index (χ1n) is 6.36. The topological polar surface area (TPSA) is 6.48 Å². The van der Waals surface area contributed by atoms with Crippen LogP contribution in [0.15, 0.2) is 0 Å². The standard InChI is InChI=1S/C12H22N2S2/c1-10(2)13-8-14(12(15)16-9-13)11-6-4-3-5-7-11/h10-11H,3-9H2,1-2H3. The number of nitrogens with zero attached hydrogens (tertiary/aromatic N) is 2. The Labute approximate surface area is 109 Å². The monoisotopic (exact) mass is 258 g/mol. The SMILES string of the molecule is CC(C)N1CSC(=S)N(C2CCCCC2)C1. The number of thiocarbonyl (C=S) groups is 1. The van der Waals surface area contributed by atoms with Crippen LogP contribution >= 0.6 is 24.0 Å². The minimum atomic E-state index is 0.627. The molecule has 0 unspecified atom stereocenters. The highest BCUT2D eigenvalue weighted by atomic mass is 32.2. The van der Waals surface area contributed by atoms with Crippen LogP contribution in [0.5, 0.6) is 0 Å². The van der Waals surface area contributed by atoms with Crippen molar-refractivity contribution >= 4 is 28.3 Å². The molecule has 2 nitrogen and oxygen atoms in total. The molecule has 1 heterocycles. The van der Waals surface area contributed by atoms with E-state index in [1.54, 1.807) is 0 Å². The fourth-order valence-corrected chi connectivity index (χ4v) is 3.88. The molecule has 0 spiro atoms. The summed E-state index contributed by atoms with van der Waals surface area (Å²) in [6.45, 7) is 5.59. The third-order valence-electron chi connectivity index (χ3n) is 3.67. The third kappa shape index (κ3) is 2.90. The second kappa shape index (κ2) is 5.69. The molecule has 16 heavy (non-hydrogen) atoms. The normalized spacial score (nSPS) is 25.4. The summed E-state index contributed by atoms with van der Waals surface area (Å²) in [7, 11) is 0. The Morgan fingerprint density at radius 3 is 2.56 bits per heavy atom.